The van der Waals surface area contributed by atoms with E-state index in [9.17, 15) is 0 Å². The lowest BCUT2D eigenvalue weighted by molar-refractivity contribution is 0.195. The minimum absolute atomic E-state index is 0.136. The minimum Gasteiger partial charge on any atom is -0.487 e. The molecule has 0 N–H and O–H groups in total. The van der Waals surface area contributed by atoms with Gasteiger partial charge in [0.05, 0.1) is 6.10 Å². The van der Waals surface area contributed by atoms with E-state index in [0.29, 0.717) is 5.92 Å². The van der Waals surface area contributed by atoms with Gasteiger partial charge in [0.25, 0.3) is 0 Å². The molecule has 0 saturated carbocycles. The SMILES string of the molecule is C/C(=C(/OC(C)C)c1cc2ccccc2o1)C(C)C. The molecule has 0 aliphatic rings. The van der Waals surface area contributed by atoms with Crippen LogP contribution in [0.1, 0.15) is 40.4 Å². The van der Waals surface area contributed by atoms with Gasteiger partial charge in [0, 0.05) is 5.39 Å². The van der Waals surface area contributed by atoms with Gasteiger partial charge in [0.1, 0.15) is 5.58 Å². The Bertz CT molecular complexity index is 555. The van der Waals surface area contributed by atoms with Crippen LogP contribution in [0.2, 0.25) is 0 Å². The minimum atomic E-state index is 0.136. The van der Waals surface area contributed by atoms with E-state index >= 15 is 0 Å². The zero-order valence-corrected chi connectivity index (χ0v) is 12.4. The van der Waals surface area contributed by atoms with Crippen molar-refractivity contribution in [1.82, 2.24) is 0 Å². The number of fused-ring (bicyclic) bond motifs is 1. The van der Waals surface area contributed by atoms with Crippen LogP contribution in [0.15, 0.2) is 40.3 Å². The number of benzene rings is 1. The molecule has 2 aromatic rings. The fourth-order valence-electron chi connectivity index (χ4n) is 1.94. The highest BCUT2D eigenvalue weighted by atomic mass is 16.5. The Morgan fingerprint density at radius 1 is 1.11 bits per heavy atom. The Morgan fingerprint density at radius 3 is 2.37 bits per heavy atom. The third-order valence-electron chi connectivity index (χ3n) is 3.23. The molecule has 2 nitrogen and oxygen atoms in total. The number of ether oxygens (including phenoxy) is 1. The van der Waals surface area contributed by atoms with Crippen LogP contribution in [-0.2, 0) is 4.74 Å². The highest BCUT2D eigenvalue weighted by molar-refractivity contribution is 5.81. The molecule has 0 radical (unpaired) electrons. The standard InChI is InChI=1S/C17H22O2/c1-11(2)13(5)17(18-12(3)4)16-10-14-8-6-7-9-15(14)19-16/h6-12H,1-5H3/b17-13-. The summed E-state index contributed by atoms with van der Waals surface area (Å²) in [5.74, 6) is 2.13. The summed E-state index contributed by atoms with van der Waals surface area (Å²) in [6.45, 7) is 10.5. The number of hydrogen-bond acceptors (Lipinski definition) is 2. The van der Waals surface area contributed by atoms with Crippen molar-refractivity contribution < 1.29 is 9.15 Å². The van der Waals surface area contributed by atoms with E-state index < -0.39 is 0 Å². The van der Waals surface area contributed by atoms with E-state index in [1.54, 1.807) is 0 Å². The molecule has 0 saturated heterocycles. The number of hydrogen-bond donors (Lipinski definition) is 0. The second-order valence-corrected chi connectivity index (χ2v) is 5.48. The van der Waals surface area contributed by atoms with Crippen molar-refractivity contribution in [2.75, 3.05) is 0 Å². The monoisotopic (exact) mass is 258 g/mol. The maximum atomic E-state index is 5.97. The highest BCUT2D eigenvalue weighted by Gasteiger charge is 2.16. The van der Waals surface area contributed by atoms with Gasteiger partial charge >= 0.3 is 0 Å². The highest BCUT2D eigenvalue weighted by Crippen LogP contribution is 2.30. The van der Waals surface area contributed by atoms with Crippen LogP contribution in [0, 0.1) is 5.92 Å². The second kappa shape index (κ2) is 5.52. The molecule has 0 aliphatic heterocycles. The lowest BCUT2D eigenvalue weighted by Gasteiger charge is -2.17. The predicted molar refractivity (Wildman–Crippen MR) is 79.9 cm³/mol. The van der Waals surface area contributed by atoms with Gasteiger partial charge < -0.3 is 9.15 Å². The van der Waals surface area contributed by atoms with Crippen molar-refractivity contribution >= 4 is 16.7 Å². The molecule has 1 aromatic carbocycles. The first-order chi connectivity index (χ1) is 8.99. The number of para-hydroxylation sites is 1. The molecule has 0 atom stereocenters. The summed E-state index contributed by atoms with van der Waals surface area (Å²) in [4.78, 5) is 0. The van der Waals surface area contributed by atoms with Crippen LogP contribution < -0.4 is 0 Å². The van der Waals surface area contributed by atoms with Gasteiger partial charge in [-0.3, -0.25) is 0 Å². The lowest BCUT2D eigenvalue weighted by atomic mass is 10.0. The van der Waals surface area contributed by atoms with E-state index in [4.69, 9.17) is 9.15 Å². The smallest absolute Gasteiger partial charge is 0.170 e. The zero-order chi connectivity index (χ0) is 14.0. The van der Waals surface area contributed by atoms with Gasteiger partial charge in [-0.25, -0.2) is 0 Å². The summed E-state index contributed by atoms with van der Waals surface area (Å²) in [7, 11) is 0. The van der Waals surface area contributed by atoms with Gasteiger partial charge in [-0.05, 0) is 44.4 Å². The summed E-state index contributed by atoms with van der Waals surface area (Å²) in [6, 6.07) is 10.1. The molecule has 1 aromatic heterocycles. The maximum absolute atomic E-state index is 5.97. The first-order valence-electron chi connectivity index (χ1n) is 6.85. The quantitative estimate of drug-likeness (QED) is 0.699. The molecule has 2 heteroatoms. The van der Waals surface area contributed by atoms with Gasteiger partial charge in [-0.15, -0.1) is 0 Å². The van der Waals surface area contributed by atoms with Crippen molar-refractivity contribution in [3.05, 3.63) is 41.7 Å². The third-order valence-corrected chi connectivity index (χ3v) is 3.23. The van der Waals surface area contributed by atoms with Gasteiger partial charge in [-0.1, -0.05) is 32.0 Å². The van der Waals surface area contributed by atoms with E-state index in [-0.39, 0.29) is 6.10 Å². The topological polar surface area (TPSA) is 22.4 Å². The molecular weight excluding hydrogens is 236 g/mol. The Kier molecular flexibility index (Phi) is 3.98. The normalized spacial score (nSPS) is 13.2. The molecule has 0 amide bonds. The molecular formula is C17H22O2. The Hall–Kier alpha value is -1.70. The van der Waals surface area contributed by atoms with Crippen LogP contribution >= 0.6 is 0 Å². The molecule has 0 aliphatic carbocycles. The predicted octanol–water partition coefficient (Wildman–Crippen LogP) is 5.24. The summed E-state index contributed by atoms with van der Waals surface area (Å²) in [5, 5.41) is 1.11. The van der Waals surface area contributed by atoms with Gasteiger partial charge in [0.2, 0.25) is 0 Å². The van der Waals surface area contributed by atoms with Crippen molar-refractivity contribution in [2.45, 2.75) is 40.7 Å². The lowest BCUT2D eigenvalue weighted by Crippen LogP contribution is -2.05. The summed E-state index contributed by atoms with van der Waals surface area (Å²) in [5.41, 5.74) is 2.12. The Morgan fingerprint density at radius 2 is 1.79 bits per heavy atom. The van der Waals surface area contributed by atoms with Crippen LogP contribution in [0.5, 0.6) is 0 Å². The summed E-state index contributed by atoms with van der Waals surface area (Å²) < 4.78 is 11.9. The van der Waals surface area contributed by atoms with E-state index in [1.165, 1.54) is 5.57 Å². The first kappa shape index (κ1) is 13.7. The van der Waals surface area contributed by atoms with Gasteiger partial charge in [0.15, 0.2) is 11.5 Å². The average molecular weight is 258 g/mol. The Balaban J connectivity index is 2.51. The molecule has 1 heterocycles. The summed E-state index contributed by atoms with van der Waals surface area (Å²) in [6.07, 6.45) is 0.136. The third kappa shape index (κ3) is 3.01. The molecule has 0 fully saturated rings. The van der Waals surface area contributed by atoms with Crippen LogP contribution in [0.3, 0.4) is 0 Å². The van der Waals surface area contributed by atoms with Crippen molar-refractivity contribution in [3.8, 4) is 0 Å². The molecule has 2 rings (SSSR count). The van der Waals surface area contributed by atoms with E-state index in [2.05, 4.69) is 32.9 Å². The molecule has 0 unspecified atom stereocenters. The maximum Gasteiger partial charge on any atom is 0.170 e. The second-order valence-electron chi connectivity index (χ2n) is 5.48. The van der Waals surface area contributed by atoms with E-state index in [0.717, 1.165) is 22.5 Å². The van der Waals surface area contributed by atoms with Gasteiger partial charge in [-0.2, -0.15) is 0 Å². The van der Waals surface area contributed by atoms with Crippen LogP contribution in [-0.4, -0.2) is 6.10 Å². The van der Waals surface area contributed by atoms with Crippen molar-refractivity contribution in [3.63, 3.8) is 0 Å². The van der Waals surface area contributed by atoms with Crippen molar-refractivity contribution in [2.24, 2.45) is 5.92 Å². The van der Waals surface area contributed by atoms with Crippen LogP contribution in [0.25, 0.3) is 16.7 Å². The molecule has 0 spiro atoms. The number of rotatable bonds is 4. The molecule has 19 heavy (non-hydrogen) atoms. The average Bonchev–Trinajstić information content (AvgIpc) is 2.78. The fourth-order valence-corrected chi connectivity index (χ4v) is 1.94. The summed E-state index contributed by atoms with van der Waals surface area (Å²) >= 11 is 0. The van der Waals surface area contributed by atoms with Crippen molar-refractivity contribution in [1.29, 1.82) is 0 Å². The van der Waals surface area contributed by atoms with E-state index in [1.807, 2.05) is 32.0 Å². The Labute approximate surface area is 115 Å². The van der Waals surface area contributed by atoms with Crippen LogP contribution in [0.4, 0.5) is 0 Å². The number of furan rings is 1. The first-order valence-corrected chi connectivity index (χ1v) is 6.85. The fraction of sp³-hybridized carbons (Fsp3) is 0.412. The molecule has 102 valence electrons. The molecule has 0 bridgehead atoms. The number of allylic oxidation sites excluding steroid dienone is 1. The zero-order valence-electron chi connectivity index (χ0n) is 12.4. The largest absolute Gasteiger partial charge is 0.487 e.